The van der Waals surface area contributed by atoms with Gasteiger partial charge in [-0.1, -0.05) is 57.2 Å². The van der Waals surface area contributed by atoms with E-state index in [-0.39, 0.29) is 5.16 Å². The molecule has 19 heavy (non-hydrogen) atoms. The van der Waals surface area contributed by atoms with Crippen LogP contribution in [0.25, 0.3) is 6.08 Å². The zero-order valence-corrected chi connectivity index (χ0v) is 12.4. The van der Waals surface area contributed by atoms with Gasteiger partial charge in [0.2, 0.25) is 0 Å². The standard InChI is InChI=1S/C16H19O2P/c1-16(2,3)19(17,15-10-7-12-18-15)13-11-14-8-5-4-6-9-14/h4-13H,1-3H3. The lowest BCUT2D eigenvalue weighted by atomic mass is 10.2. The second-order valence-corrected chi connectivity index (χ2v) is 8.90. The van der Waals surface area contributed by atoms with Gasteiger partial charge < -0.3 is 8.98 Å². The Morgan fingerprint density at radius 3 is 2.26 bits per heavy atom. The van der Waals surface area contributed by atoms with Gasteiger partial charge in [-0.25, -0.2) is 0 Å². The molecule has 2 rings (SSSR count). The van der Waals surface area contributed by atoms with E-state index in [1.54, 1.807) is 24.2 Å². The molecule has 0 saturated heterocycles. The van der Waals surface area contributed by atoms with E-state index in [9.17, 15) is 4.57 Å². The first-order valence-corrected chi connectivity index (χ1v) is 8.09. The first kappa shape index (κ1) is 13.9. The van der Waals surface area contributed by atoms with Crippen molar-refractivity contribution in [3.8, 4) is 0 Å². The number of furan rings is 1. The number of hydrogen-bond acceptors (Lipinski definition) is 2. The fourth-order valence-corrected chi connectivity index (χ4v) is 4.00. The Morgan fingerprint density at radius 1 is 1.05 bits per heavy atom. The number of benzene rings is 1. The molecule has 0 spiro atoms. The zero-order valence-electron chi connectivity index (χ0n) is 11.5. The minimum absolute atomic E-state index is 0.365. The van der Waals surface area contributed by atoms with Crippen LogP contribution < -0.4 is 5.50 Å². The lowest BCUT2D eigenvalue weighted by molar-refractivity contribution is 0.542. The van der Waals surface area contributed by atoms with E-state index in [1.807, 2.05) is 57.2 Å². The minimum atomic E-state index is -2.72. The summed E-state index contributed by atoms with van der Waals surface area (Å²) in [7, 11) is -2.72. The van der Waals surface area contributed by atoms with E-state index in [4.69, 9.17) is 4.42 Å². The molecule has 0 aliphatic carbocycles. The zero-order chi connectivity index (χ0) is 13.9. The molecule has 100 valence electrons. The summed E-state index contributed by atoms with van der Waals surface area (Å²) in [6, 6.07) is 13.5. The summed E-state index contributed by atoms with van der Waals surface area (Å²) in [6.07, 6.45) is 3.48. The van der Waals surface area contributed by atoms with Crippen molar-refractivity contribution in [2.24, 2.45) is 0 Å². The maximum absolute atomic E-state index is 13.3. The van der Waals surface area contributed by atoms with Crippen molar-refractivity contribution >= 4 is 18.7 Å². The fraction of sp³-hybridized carbons (Fsp3) is 0.250. The van der Waals surface area contributed by atoms with Crippen LogP contribution in [-0.2, 0) is 4.57 Å². The first-order chi connectivity index (χ1) is 8.93. The molecular formula is C16H19O2P. The molecule has 2 nitrogen and oxygen atoms in total. The van der Waals surface area contributed by atoms with Gasteiger partial charge in [0, 0.05) is 5.16 Å². The van der Waals surface area contributed by atoms with Crippen molar-refractivity contribution in [3.05, 3.63) is 60.1 Å². The van der Waals surface area contributed by atoms with Gasteiger partial charge in [0.25, 0.3) is 0 Å². The van der Waals surface area contributed by atoms with Crippen LogP contribution in [0.4, 0.5) is 0 Å². The molecule has 1 heterocycles. The molecule has 0 amide bonds. The Bertz CT molecular complexity index is 589. The van der Waals surface area contributed by atoms with E-state index in [0.29, 0.717) is 5.50 Å². The first-order valence-electron chi connectivity index (χ1n) is 6.32. The van der Waals surface area contributed by atoms with Crippen molar-refractivity contribution in [2.75, 3.05) is 0 Å². The quantitative estimate of drug-likeness (QED) is 0.757. The number of hydrogen-bond donors (Lipinski definition) is 0. The Balaban J connectivity index is 2.42. The van der Waals surface area contributed by atoms with Gasteiger partial charge >= 0.3 is 0 Å². The molecule has 2 aromatic rings. The predicted octanol–water partition coefficient (Wildman–Crippen LogP) is 4.74. The van der Waals surface area contributed by atoms with Gasteiger partial charge in [-0.15, -0.1) is 0 Å². The minimum Gasteiger partial charge on any atom is -0.461 e. The largest absolute Gasteiger partial charge is 0.461 e. The van der Waals surface area contributed by atoms with Crippen LogP contribution in [0.2, 0.25) is 0 Å². The molecule has 0 fully saturated rings. The highest BCUT2D eigenvalue weighted by atomic mass is 31.2. The molecule has 0 bridgehead atoms. The highest BCUT2D eigenvalue weighted by Gasteiger charge is 2.38. The van der Waals surface area contributed by atoms with E-state index in [0.717, 1.165) is 5.56 Å². The van der Waals surface area contributed by atoms with Crippen LogP contribution in [0.3, 0.4) is 0 Å². The fourth-order valence-electron chi connectivity index (χ4n) is 1.84. The summed E-state index contributed by atoms with van der Waals surface area (Å²) in [4.78, 5) is 0. The third-order valence-electron chi connectivity index (χ3n) is 3.11. The van der Waals surface area contributed by atoms with E-state index < -0.39 is 7.14 Å². The van der Waals surface area contributed by atoms with Crippen molar-refractivity contribution in [1.29, 1.82) is 0 Å². The summed E-state index contributed by atoms with van der Waals surface area (Å²) in [5, 5.41) is -0.365. The highest BCUT2D eigenvalue weighted by molar-refractivity contribution is 7.75. The van der Waals surface area contributed by atoms with Gasteiger partial charge in [-0.3, -0.25) is 0 Å². The smallest absolute Gasteiger partial charge is 0.175 e. The third-order valence-corrected chi connectivity index (χ3v) is 6.58. The Hall–Kier alpha value is -1.53. The molecule has 3 heteroatoms. The molecule has 1 atom stereocenters. The monoisotopic (exact) mass is 274 g/mol. The maximum atomic E-state index is 13.3. The Kier molecular flexibility index (Phi) is 3.82. The van der Waals surface area contributed by atoms with Crippen LogP contribution in [0.1, 0.15) is 26.3 Å². The summed E-state index contributed by atoms with van der Waals surface area (Å²) in [6.45, 7) is 5.93. The highest BCUT2D eigenvalue weighted by Crippen LogP contribution is 2.58. The van der Waals surface area contributed by atoms with Crippen LogP contribution in [-0.4, -0.2) is 5.16 Å². The molecule has 0 saturated carbocycles. The lowest BCUT2D eigenvalue weighted by Gasteiger charge is -2.26. The SMILES string of the molecule is CC(C)(C)P(=O)(C=Cc1ccccc1)c1ccco1. The van der Waals surface area contributed by atoms with Crippen molar-refractivity contribution < 1.29 is 8.98 Å². The lowest BCUT2D eigenvalue weighted by Crippen LogP contribution is -2.20. The van der Waals surface area contributed by atoms with Gasteiger partial charge in [-0.05, 0) is 23.5 Å². The molecule has 1 aromatic carbocycles. The molecule has 0 radical (unpaired) electrons. The molecule has 0 N–H and O–H groups in total. The topological polar surface area (TPSA) is 30.2 Å². The van der Waals surface area contributed by atoms with Crippen LogP contribution >= 0.6 is 7.14 Å². The van der Waals surface area contributed by atoms with Crippen LogP contribution in [0, 0.1) is 0 Å². The molecule has 0 aliphatic rings. The van der Waals surface area contributed by atoms with Gasteiger partial charge in [-0.2, -0.15) is 0 Å². The summed E-state index contributed by atoms with van der Waals surface area (Å²) < 4.78 is 18.7. The Morgan fingerprint density at radius 2 is 1.74 bits per heavy atom. The van der Waals surface area contributed by atoms with E-state index in [2.05, 4.69) is 0 Å². The summed E-state index contributed by atoms with van der Waals surface area (Å²) in [5.74, 6) is 1.81. The number of rotatable bonds is 3. The van der Waals surface area contributed by atoms with Crippen molar-refractivity contribution in [2.45, 2.75) is 25.9 Å². The van der Waals surface area contributed by atoms with Crippen molar-refractivity contribution in [3.63, 3.8) is 0 Å². The molecule has 1 aromatic heterocycles. The van der Waals surface area contributed by atoms with Crippen LogP contribution in [0.15, 0.2) is 59.0 Å². The van der Waals surface area contributed by atoms with E-state index >= 15 is 0 Å². The average Bonchev–Trinajstić information content (AvgIpc) is 2.90. The third kappa shape index (κ3) is 2.90. The van der Waals surface area contributed by atoms with Gasteiger partial charge in [0.05, 0.1) is 6.26 Å². The van der Waals surface area contributed by atoms with Gasteiger partial charge in [0.1, 0.15) is 0 Å². The summed E-state index contributed by atoms with van der Waals surface area (Å²) >= 11 is 0. The predicted molar refractivity (Wildman–Crippen MR) is 81.2 cm³/mol. The average molecular weight is 274 g/mol. The Labute approximate surface area is 114 Å². The molecule has 0 aliphatic heterocycles. The van der Waals surface area contributed by atoms with Gasteiger partial charge in [0.15, 0.2) is 12.6 Å². The summed E-state index contributed by atoms with van der Waals surface area (Å²) in [5.41, 5.74) is 1.60. The molecular weight excluding hydrogens is 255 g/mol. The van der Waals surface area contributed by atoms with Crippen molar-refractivity contribution in [1.82, 2.24) is 0 Å². The van der Waals surface area contributed by atoms with E-state index in [1.165, 1.54) is 0 Å². The second-order valence-electron chi connectivity index (χ2n) is 5.51. The maximum Gasteiger partial charge on any atom is 0.175 e. The molecule has 1 unspecified atom stereocenters. The normalized spacial score (nSPS) is 15.5. The second kappa shape index (κ2) is 5.22. The van der Waals surface area contributed by atoms with Crippen LogP contribution in [0.5, 0.6) is 0 Å².